The molecule has 0 bridgehead atoms. The Morgan fingerprint density at radius 3 is 2.67 bits per heavy atom. The van der Waals surface area contributed by atoms with Gasteiger partial charge in [-0.25, -0.2) is 0 Å². The molecule has 18 heavy (non-hydrogen) atoms. The molecule has 0 radical (unpaired) electrons. The molecule has 2 atom stereocenters. The van der Waals surface area contributed by atoms with E-state index < -0.39 is 0 Å². The molecule has 0 amide bonds. The van der Waals surface area contributed by atoms with Crippen LogP contribution in [0, 0.1) is 11.3 Å². The number of nitrogens with zero attached hydrogens (tertiary/aromatic N) is 1. The van der Waals surface area contributed by atoms with Gasteiger partial charge in [0.1, 0.15) is 0 Å². The lowest BCUT2D eigenvalue weighted by atomic mass is 9.69. The minimum atomic E-state index is 0.513. The lowest BCUT2D eigenvalue weighted by Gasteiger charge is -2.42. The third-order valence-corrected chi connectivity index (χ3v) is 4.44. The Bertz CT molecular complexity index is 231. The maximum Gasteiger partial charge on any atom is 0.0589 e. The van der Waals surface area contributed by atoms with Crippen LogP contribution in [0.15, 0.2) is 0 Å². The molecule has 0 aromatic carbocycles. The first kappa shape index (κ1) is 15.9. The maximum atomic E-state index is 5.20. The van der Waals surface area contributed by atoms with E-state index in [9.17, 15) is 0 Å². The Hall–Kier alpha value is -0.120. The molecule has 2 unspecified atom stereocenters. The molecule has 0 saturated heterocycles. The van der Waals surface area contributed by atoms with E-state index in [1.54, 1.807) is 7.11 Å². The summed E-state index contributed by atoms with van der Waals surface area (Å²) in [6.45, 7) is 11.3. The number of nitrogens with one attached hydrogen (secondary N) is 1. The van der Waals surface area contributed by atoms with Crippen LogP contribution in [0.25, 0.3) is 0 Å². The molecule has 0 aromatic heterocycles. The summed E-state index contributed by atoms with van der Waals surface area (Å²) in [7, 11) is 3.90. The van der Waals surface area contributed by atoms with E-state index in [1.165, 1.54) is 25.8 Å². The van der Waals surface area contributed by atoms with E-state index in [4.69, 9.17) is 4.74 Å². The van der Waals surface area contributed by atoms with Gasteiger partial charge in [-0.15, -0.1) is 0 Å². The molecule has 1 rings (SSSR count). The zero-order chi connectivity index (χ0) is 13.6. The predicted octanol–water partition coefficient (Wildman–Crippen LogP) is 2.37. The molecule has 0 heterocycles. The lowest BCUT2D eigenvalue weighted by Crippen LogP contribution is -2.47. The first-order valence-corrected chi connectivity index (χ1v) is 7.41. The van der Waals surface area contributed by atoms with Gasteiger partial charge in [-0.05, 0) is 44.2 Å². The SMILES string of the molecule is CCN(CCOC)CC1CC(C)(C)CCC1NC. The van der Waals surface area contributed by atoms with Gasteiger partial charge in [-0.3, -0.25) is 0 Å². The first-order valence-electron chi connectivity index (χ1n) is 7.41. The Balaban J connectivity index is 2.53. The summed E-state index contributed by atoms with van der Waals surface area (Å²) in [6.07, 6.45) is 4.00. The van der Waals surface area contributed by atoms with E-state index in [2.05, 4.69) is 38.0 Å². The largest absolute Gasteiger partial charge is 0.383 e. The summed E-state index contributed by atoms with van der Waals surface area (Å²) in [5.74, 6) is 0.774. The highest BCUT2D eigenvalue weighted by Crippen LogP contribution is 2.38. The molecule has 108 valence electrons. The van der Waals surface area contributed by atoms with Gasteiger partial charge in [-0.2, -0.15) is 0 Å². The summed E-state index contributed by atoms with van der Waals surface area (Å²) in [5.41, 5.74) is 0.513. The van der Waals surface area contributed by atoms with E-state index in [0.717, 1.165) is 25.6 Å². The average Bonchev–Trinajstić information content (AvgIpc) is 2.33. The highest BCUT2D eigenvalue weighted by Gasteiger charge is 2.34. The summed E-state index contributed by atoms with van der Waals surface area (Å²) in [6, 6.07) is 0.689. The van der Waals surface area contributed by atoms with Gasteiger partial charge in [0.25, 0.3) is 0 Å². The topological polar surface area (TPSA) is 24.5 Å². The highest BCUT2D eigenvalue weighted by atomic mass is 16.5. The third-order valence-electron chi connectivity index (χ3n) is 4.44. The fraction of sp³-hybridized carbons (Fsp3) is 1.00. The van der Waals surface area contributed by atoms with Crippen LogP contribution in [-0.4, -0.2) is 51.3 Å². The van der Waals surface area contributed by atoms with Crippen LogP contribution >= 0.6 is 0 Å². The van der Waals surface area contributed by atoms with Crippen LogP contribution in [0.5, 0.6) is 0 Å². The molecule has 0 aliphatic heterocycles. The van der Waals surface area contributed by atoms with Gasteiger partial charge >= 0.3 is 0 Å². The lowest BCUT2D eigenvalue weighted by molar-refractivity contribution is 0.0883. The van der Waals surface area contributed by atoms with Crippen molar-refractivity contribution in [1.82, 2.24) is 10.2 Å². The van der Waals surface area contributed by atoms with Gasteiger partial charge in [0.2, 0.25) is 0 Å². The molecule has 3 nitrogen and oxygen atoms in total. The standard InChI is InChI=1S/C15H32N2O/c1-6-17(9-10-18-5)12-13-11-15(2,3)8-7-14(13)16-4/h13-14,16H,6-12H2,1-5H3. The number of methoxy groups -OCH3 is 1. The van der Waals surface area contributed by atoms with E-state index in [0.29, 0.717) is 11.5 Å². The van der Waals surface area contributed by atoms with Crippen molar-refractivity contribution < 1.29 is 4.74 Å². The van der Waals surface area contributed by atoms with Gasteiger partial charge in [0.15, 0.2) is 0 Å². The van der Waals surface area contributed by atoms with Crippen molar-refractivity contribution in [3.8, 4) is 0 Å². The Labute approximate surface area is 113 Å². The number of ether oxygens (including phenoxy) is 1. The molecule has 3 heteroatoms. The highest BCUT2D eigenvalue weighted by molar-refractivity contribution is 4.89. The van der Waals surface area contributed by atoms with Gasteiger partial charge in [0.05, 0.1) is 6.61 Å². The second kappa shape index (κ2) is 7.46. The van der Waals surface area contributed by atoms with Gasteiger partial charge in [-0.1, -0.05) is 20.8 Å². The van der Waals surface area contributed by atoms with Gasteiger partial charge in [0, 0.05) is 26.2 Å². The van der Waals surface area contributed by atoms with Crippen LogP contribution < -0.4 is 5.32 Å². The minimum absolute atomic E-state index is 0.513. The van der Waals surface area contributed by atoms with E-state index >= 15 is 0 Å². The predicted molar refractivity (Wildman–Crippen MR) is 78.0 cm³/mol. The molecule has 1 fully saturated rings. The molecular weight excluding hydrogens is 224 g/mol. The maximum absolute atomic E-state index is 5.20. The van der Waals surface area contributed by atoms with Crippen molar-refractivity contribution >= 4 is 0 Å². The third kappa shape index (κ3) is 4.87. The van der Waals surface area contributed by atoms with E-state index in [-0.39, 0.29) is 0 Å². The van der Waals surface area contributed by atoms with Crippen molar-refractivity contribution in [2.45, 2.75) is 46.1 Å². The van der Waals surface area contributed by atoms with Crippen LogP contribution in [0.1, 0.15) is 40.0 Å². The average molecular weight is 256 g/mol. The number of likely N-dealkylation sites (N-methyl/N-ethyl adjacent to an activating group) is 1. The van der Waals surface area contributed by atoms with Crippen LogP contribution in [0.3, 0.4) is 0 Å². The van der Waals surface area contributed by atoms with Crippen molar-refractivity contribution in [2.75, 3.05) is 40.4 Å². The second-order valence-corrected chi connectivity index (χ2v) is 6.45. The molecule has 1 aliphatic carbocycles. The molecule has 1 saturated carbocycles. The quantitative estimate of drug-likeness (QED) is 0.757. The Morgan fingerprint density at radius 2 is 2.11 bits per heavy atom. The summed E-state index contributed by atoms with van der Waals surface area (Å²) in [5, 5.41) is 3.52. The minimum Gasteiger partial charge on any atom is -0.383 e. The smallest absolute Gasteiger partial charge is 0.0589 e. The van der Waals surface area contributed by atoms with Crippen molar-refractivity contribution in [3.63, 3.8) is 0 Å². The Kier molecular flexibility index (Phi) is 6.61. The molecular formula is C15H32N2O. The molecule has 1 aliphatic rings. The zero-order valence-electron chi connectivity index (χ0n) is 13.0. The van der Waals surface area contributed by atoms with Crippen molar-refractivity contribution in [3.05, 3.63) is 0 Å². The van der Waals surface area contributed by atoms with E-state index in [1.807, 2.05) is 0 Å². The summed E-state index contributed by atoms with van der Waals surface area (Å²) in [4.78, 5) is 2.53. The molecule has 0 spiro atoms. The monoisotopic (exact) mass is 256 g/mol. The Morgan fingerprint density at radius 1 is 1.39 bits per heavy atom. The summed E-state index contributed by atoms with van der Waals surface area (Å²) < 4.78 is 5.20. The van der Waals surface area contributed by atoms with Crippen LogP contribution in [0.4, 0.5) is 0 Å². The number of rotatable bonds is 7. The van der Waals surface area contributed by atoms with Crippen molar-refractivity contribution in [1.29, 1.82) is 0 Å². The number of hydrogen-bond donors (Lipinski definition) is 1. The fourth-order valence-electron chi connectivity index (χ4n) is 3.24. The zero-order valence-corrected chi connectivity index (χ0v) is 13.0. The number of hydrogen-bond acceptors (Lipinski definition) is 3. The summed E-state index contributed by atoms with van der Waals surface area (Å²) >= 11 is 0. The molecule has 0 aromatic rings. The van der Waals surface area contributed by atoms with Crippen LogP contribution in [0.2, 0.25) is 0 Å². The first-order chi connectivity index (χ1) is 8.52. The fourth-order valence-corrected chi connectivity index (χ4v) is 3.24. The van der Waals surface area contributed by atoms with Crippen molar-refractivity contribution in [2.24, 2.45) is 11.3 Å². The normalized spacial score (nSPS) is 27.7. The molecule has 1 N–H and O–H groups in total. The second-order valence-electron chi connectivity index (χ2n) is 6.45. The van der Waals surface area contributed by atoms with Gasteiger partial charge < -0.3 is 15.0 Å². The van der Waals surface area contributed by atoms with Crippen LogP contribution in [-0.2, 0) is 4.74 Å².